The molecule has 1 aliphatic rings. The molecule has 5 nitrogen and oxygen atoms in total. The van der Waals surface area contributed by atoms with Crippen molar-refractivity contribution in [1.82, 2.24) is 4.90 Å². The van der Waals surface area contributed by atoms with Crippen LogP contribution >= 0.6 is 23.2 Å². The fourth-order valence-corrected chi connectivity index (χ4v) is 4.05. The summed E-state index contributed by atoms with van der Waals surface area (Å²) in [4.78, 5) is 25.1. The number of aliphatic carboxylic acids is 1. The molecule has 3 aromatic carbocycles. The minimum absolute atomic E-state index is 0.00356. The molecule has 2 atom stereocenters. The van der Waals surface area contributed by atoms with Crippen LogP contribution < -0.4 is 0 Å². The summed E-state index contributed by atoms with van der Waals surface area (Å²) in [7, 11) is 0. The second-order valence-electron chi connectivity index (χ2n) is 8.87. The van der Waals surface area contributed by atoms with Crippen molar-refractivity contribution in [3.05, 3.63) is 105 Å². The molecule has 3 aromatic rings. The highest BCUT2D eigenvalue weighted by Crippen LogP contribution is 2.40. The number of rotatable bonds is 6. The van der Waals surface area contributed by atoms with E-state index in [2.05, 4.69) is 13.8 Å². The molecule has 0 bridgehead atoms. The molecule has 1 N–H and O–H groups in total. The van der Waals surface area contributed by atoms with Gasteiger partial charge in [0.2, 0.25) is 5.91 Å². The normalized spacial score (nSPS) is 16.6. The summed E-state index contributed by atoms with van der Waals surface area (Å²) in [5.41, 5.74) is 2.87. The number of hydrogen-bond acceptors (Lipinski definition) is 3. The summed E-state index contributed by atoms with van der Waals surface area (Å²) in [6.07, 6.45) is 1.24. The van der Waals surface area contributed by atoms with Gasteiger partial charge in [0.15, 0.2) is 0 Å². The SMILES string of the molecule is CCC.Cc1ccc(F)cc1.O=C(O)CCCN1C(=O)COC(c2ccc(Cl)cc2)C1c1ccc(Cl)cc1. The lowest BCUT2D eigenvalue weighted by molar-refractivity contribution is -0.159. The minimum atomic E-state index is -0.881. The Hall–Kier alpha value is -2.93. The molecule has 1 heterocycles. The molecule has 0 saturated carbocycles. The summed E-state index contributed by atoms with van der Waals surface area (Å²) in [5, 5.41) is 10.1. The smallest absolute Gasteiger partial charge is 0.303 e. The van der Waals surface area contributed by atoms with Gasteiger partial charge >= 0.3 is 5.97 Å². The number of benzene rings is 3. The molecule has 0 radical (unpaired) electrons. The largest absolute Gasteiger partial charge is 0.481 e. The Morgan fingerprint density at radius 1 is 0.947 bits per heavy atom. The molecule has 4 rings (SSSR count). The molecule has 1 amide bonds. The molecular weight excluding hydrogens is 528 g/mol. The second-order valence-corrected chi connectivity index (χ2v) is 9.74. The van der Waals surface area contributed by atoms with Gasteiger partial charge in [0.25, 0.3) is 0 Å². The molecular formula is C30H34Cl2FNO4. The van der Waals surface area contributed by atoms with Gasteiger partial charge in [0.1, 0.15) is 18.5 Å². The van der Waals surface area contributed by atoms with Crippen molar-refractivity contribution < 1.29 is 23.8 Å². The number of carboxylic acid groups (broad SMARTS) is 1. The Morgan fingerprint density at radius 3 is 1.92 bits per heavy atom. The van der Waals surface area contributed by atoms with Crippen LogP contribution in [0.5, 0.6) is 0 Å². The Morgan fingerprint density at radius 2 is 1.45 bits per heavy atom. The fraction of sp³-hybridized carbons (Fsp3) is 0.333. The summed E-state index contributed by atoms with van der Waals surface area (Å²) >= 11 is 12.0. The van der Waals surface area contributed by atoms with E-state index in [1.807, 2.05) is 31.2 Å². The summed E-state index contributed by atoms with van der Waals surface area (Å²) in [5.74, 6) is -1.21. The number of carboxylic acids is 1. The maximum atomic E-state index is 12.6. The van der Waals surface area contributed by atoms with Gasteiger partial charge in [0, 0.05) is 23.0 Å². The van der Waals surface area contributed by atoms with Gasteiger partial charge < -0.3 is 14.7 Å². The van der Waals surface area contributed by atoms with Crippen LogP contribution in [0.3, 0.4) is 0 Å². The lowest BCUT2D eigenvalue weighted by atomic mass is 9.92. The average molecular weight is 563 g/mol. The molecule has 2 unspecified atom stereocenters. The van der Waals surface area contributed by atoms with Crippen LogP contribution in [-0.2, 0) is 14.3 Å². The van der Waals surface area contributed by atoms with E-state index in [4.69, 9.17) is 33.0 Å². The average Bonchev–Trinajstić information content (AvgIpc) is 2.88. The number of ether oxygens (including phenoxy) is 1. The highest BCUT2D eigenvalue weighted by molar-refractivity contribution is 6.30. The number of hydrogen-bond donors (Lipinski definition) is 1. The van der Waals surface area contributed by atoms with Crippen LogP contribution in [0.1, 0.15) is 61.9 Å². The van der Waals surface area contributed by atoms with Crippen LogP contribution in [0.2, 0.25) is 10.0 Å². The maximum absolute atomic E-state index is 12.6. The lowest BCUT2D eigenvalue weighted by Crippen LogP contribution is -2.46. The van der Waals surface area contributed by atoms with E-state index < -0.39 is 5.97 Å². The zero-order chi connectivity index (χ0) is 28.1. The van der Waals surface area contributed by atoms with Gasteiger partial charge in [-0.15, -0.1) is 0 Å². The summed E-state index contributed by atoms with van der Waals surface area (Å²) in [6.45, 7) is 6.47. The van der Waals surface area contributed by atoms with Crippen molar-refractivity contribution in [3.63, 3.8) is 0 Å². The van der Waals surface area contributed by atoms with Crippen molar-refractivity contribution >= 4 is 35.1 Å². The van der Waals surface area contributed by atoms with Crippen LogP contribution in [0.4, 0.5) is 4.39 Å². The van der Waals surface area contributed by atoms with Gasteiger partial charge in [-0.05, 0) is 60.9 Å². The van der Waals surface area contributed by atoms with Crippen molar-refractivity contribution in [1.29, 1.82) is 0 Å². The molecule has 1 aliphatic heterocycles. The summed E-state index contributed by atoms with van der Waals surface area (Å²) in [6, 6.07) is 20.6. The first kappa shape index (κ1) is 31.3. The van der Waals surface area contributed by atoms with E-state index >= 15 is 0 Å². The van der Waals surface area contributed by atoms with Crippen LogP contribution in [0, 0.1) is 12.7 Å². The zero-order valence-electron chi connectivity index (χ0n) is 21.9. The van der Waals surface area contributed by atoms with Gasteiger partial charge in [-0.25, -0.2) is 4.39 Å². The standard InChI is InChI=1S/C20H19Cl2NO4.C7H7F.C3H8/c21-15-7-3-13(4-8-15)19-20(14-5-9-16(22)10-6-14)27-12-17(24)23(19)11-1-2-18(25)26;1-6-2-4-7(8)5-3-6;1-3-2/h3-10,19-20H,1-2,11-12H2,(H,25,26);2-5H,1H3;3H2,1-2H3. The highest BCUT2D eigenvalue weighted by Gasteiger charge is 2.38. The molecule has 38 heavy (non-hydrogen) atoms. The predicted molar refractivity (Wildman–Crippen MR) is 150 cm³/mol. The first-order chi connectivity index (χ1) is 18.2. The third-order valence-electron chi connectivity index (χ3n) is 5.54. The monoisotopic (exact) mass is 561 g/mol. The summed E-state index contributed by atoms with van der Waals surface area (Å²) < 4.78 is 18.0. The predicted octanol–water partition coefficient (Wildman–Crippen LogP) is 8.05. The van der Waals surface area contributed by atoms with Gasteiger partial charge in [0.05, 0.1) is 6.04 Å². The topological polar surface area (TPSA) is 66.8 Å². The Kier molecular flexibility index (Phi) is 13.3. The number of morpholine rings is 1. The van der Waals surface area contributed by atoms with Crippen molar-refractivity contribution in [3.8, 4) is 0 Å². The van der Waals surface area contributed by atoms with Crippen LogP contribution in [0.25, 0.3) is 0 Å². The van der Waals surface area contributed by atoms with Gasteiger partial charge in [-0.3, -0.25) is 9.59 Å². The molecule has 8 heteroatoms. The Bertz CT molecular complexity index is 1120. The first-order valence-corrected chi connectivity index (χ1v) is 13.3. The Labute approximate surface area is 234 Å². The van der Waals surface area contributed by atoms with Crippen molar-refractivity contribution in [2.75, 3.05) is 13.2 Å². The van der Waals surface area contributed by atoms with E-state index in [9.17, 15) is 14.0 Å². The number of carbonyl (C=O) groups is 2. The van der Waals surface area contributed by atoms with E-state index in [1.54, 1.807) is 41.3 Å². The number of amides is 1. The quantitative estimate of drug-likeness (QED) is 0.330. The molecule has 204 valence electrons. The first-order valence-electron chi connectivity index (χ1n) is 12.5. The van der Waals surface area contributed by atoms with Crippen LogP contribution in [-0.4, -0.2) is 35.0 Å². The number of halogens is 3. The lowest BCUT2D eigenvalue weighted by Gasteiger charge is -2.41. The molecule has 0 aliphatic carbocycles. The fourth-order valence-electron chi connectivity index (χ4n) is 3.80. The van der Waals surface area contributed by atoms with Gasteiger partial charge in [-0.2, -0.15) is 0 Å². The van der Waals surface area contributed by atoms with Crippen LogP contribution in [0.15, 0.2) is 72.8 Å². The van der Waals surface area contributed by atoms with Gasteiger partial charge in [-0.1, -0.05) is 85.4 Å². The zero-order valence-corrected chi connectivity index (χ0v) is 23.4. The number of aryl methyl sites for hydroxylation is 1. The van der Waals surface area contributed by atoms with E-state index in [-0.39, 0.29) is 36.9 Å². The van der Waals surface area contributed by atoms with E-state index in [1.165, 1.54) is 18.6 Å². The molecule has 0 spiro atoms. The number of carbonyl (C=O) groups excluding carboxylic acids is 1. The van der Waals surface area contributed by atoms with E-state index in [0.29, 0.717) is 23.0 Å². The van der Waals surface area contributed by atoms with Crippen molar-refractivity contribution in [2.45, 2.75) is 52.2 Å². The highest BCUT2D eigenvalue weighted by atomic mass is 35.5. The Balaban J connectivity index is 0.000000385. The van der Waals surface area contributed by atoms with E-state index in [0.717, 1.165) is 16.7 Å². The molecule has 1 saturated heterocycles. The minimum Gasteiger partial charge on any atom is -0.481 e. The third-order valence-corrected chi connectivity index (χ3v) is 6.04. The van der Waals surface area contributed by atoms with Crippen molar-refractivity contribution in [2.24, 2.45) is 0 Å². The third kappa shape index (κ3) is 10.1. The number of nitrogens with zero attached hydrogens (tertiary/aromatic N) is 1. The maximum Gasteiger partial charge on any atom is 0.303 e. The molecule has 1 fully saturated rings. The molecule has 0 aromatic heterocycles. The second kappa shape index (κ2) is 16.1.